The van der Waals surface area contributed by atoms with Crippen LogP contribution in [0.25, 0.3) is 11.1 Å². The second kappa shape index (κ2) is 5.47. The van der Waals surface area contributed by atoms with Crippen LogP contribution in [0.15, 0.2) is 30.6 Å². The van der Waals surface area contributed by atoms with Gasteiger partial charge in [-0.1, -0.05) is 6.07 Å². The van der Waals surface area contributed by atoms with Gasteiger partial charge in [-0.15, -0.1) is 13.2 Å². The SMILES string of the molecule is O=Cc1ccc(-c2cnn(CC3CC3)c2)cc1OC(F)(F)F. The molecule has 0 N–H and O–H groups in total. The van der Waals surface area contributed by atoms with E-state index >= 15 is 0 Å². The minimum absolute atomic E-state index is 0.147. The van der Waals surface area contributed by atoms with Crippen molar-refractivity contribution < 1.29 is 22.7 Å². The Morgan fingerprint density at radius 3 is 2.73 bits per heavy atom. The normalized spacial score (nSPS) is 14.9. The number of nitrogens with zero attached hydrogens (tertiary/aromatic N) is 2. The van der Waals surface area contributed by atoms with E-state index in [1.807, 2.05) is 0 Å². The van der Waals surface area contributed by atoms with Gasteiger partial charge in [0.05, 0.1) is 11.8 Å². The number of alkyl halides is 3. The maximum absolute atomic E-state index is 12.4. The Morgan fingerprint density at radius 1 is 1.32 bits per heavy atom. The molecule has 7 heteroatoms. The van der Waals surface area contributed by atoms with Crippen LogP contribution in [0.2, 0.25) is 0 Å². The predicted molar refractivity (Wildman–Crippen MR) is 72.5 cm³/mol. The molecular weight excluding hydrogens is 297 g/mol. The van der Waals surface area contributed by atoms with Crippen molar-refractivity contribution in [3.05, 3.63) is 36.2 Å². The monoisotopic (exact) mass is 310 g/mol. The summed E-state index contributed by atoms with van der Waals surface area (Å²) in [5.74, 6) is 0.143. The number of aromatic nitrogens is 2. The van der Waals surface area contributed by atoms with Crippen molar-refractivity contribution in [3.8, 4) is 16.9 Å². The summed E-state index contributed by atoms with van der Waals surface area (Å²) in [7, 11) is 0. The quantitative estimate of drug-likeness (QED) is 0.791. The lowest BCUT2D eigenvalue weighted by atomic mass is 10.1. The van der Waals surface area contributed by atoms with Gasteiger partial charge >= 0.3 is 6.36 Å². The molecule has 2 aromatic rings. The summed E-state index contributed by atoms with van der Waals surface area (Å²) >= 11 is 0. The van der Waals surface area contributed by atoms with Gasteiger partial charge in [0.2, 0.25) is 0 Å². The molecule has 0 saturated heterocycles. The fourth-order valence-corrected chi connectivity index (χ4v) is 2.20. The standard InChI is InChI=1S/C15H13F3N2O2/c16-15(17,18)22-14-5-11(3-4-12(14)9-21)13-6-19-20(8-13)7-10-1-2-10/h3-6,8-10H,1-2,7H2. The number of halogens is 3. The van der Waals surface area contributed by atoms with E-state index in [0.717, 1.165) is 6.54 Å². The van der Waals surface area contributed by atoms with Gasteiger partial charge in [0.25, 0.3) is 0 Å². The zero-order chi connectivity index (χ0) is 15.7. The van der Waals surface area contributed by atoms with E-state index in [0.29, 0.717) is 23.3 Å². The molecule has 1 aromatic heterocycles. The molecule has 1 heterocycles. The molecule has 0 amide bonds. The summed E-state index contributed by atoms with van der Waals surface area (Å²) < 4.78 is 42.9. The summed E-state index contributed by atoms with van der Waals surface area (Å²) in [6.45, 7) is 0.818. The Hall–Kier alpha value is -2.31. The van der Waals surface area contributed by atoms with Crippen molar-refractivity contribution in [1.29, 1.82) is 0 Å². The number of hydrogen-bond acceptors (Lipinski definition) is 3. The first-order valence-corrected chi connectivity index (χ1v) is 6.82. The Bertz CT molecular complexity index is 690. The van der Waals surface area contributed by atoms with E-state index in [-0.39, 0.29) is 5.56 Å². The van der Waals surface area contributed by atoms with Gasteiger partial charge in [-0.25, -0.2) is 0 Å². The molecule has 1 aliphatic carbocycles. The Balaban J connectivity index is 1.87. The molecule has 0 unspecified atom stereocenters. The van der Waals surface area contributed by atoms with Gasteiger partial charge < -0.3 is 4.74 Å². The van der Waals surface area contributed by atoms with Gasteiger partial charge in [-0.3, -0.25) is 9.48 Å². The second-order valence-corrected chi connectivity index (χ2v) is 5.31. The van der Waals surface area contributed by atoms with E-state index in [1.54, 1.807) is 23.1 Å². The Labute approximate surface area is 124 Å². The van der Waals surface area contributed by atoms with Crippen LogP contribution in [0.1, 0.15) is 23.2 Å². The molecule has 22 heavy (non-hydrogen) atoms. The summed E-state index contributed by atoms with van der Waals surface area (Å²) in [6.07, 6.45) is 1.24. The number of rotatable bonds is 5. The van der Waals surface area contributed by atoms with Crippen LogP contribution in [-0.2, 0) is 6.54 Å². The van der Waals surface area contributed by atoms with Crippen molar-refractivity contribution in [2.24, 2.45) is 5.92 Å². The minimum Gasteiger partial charge on any atom is -0.405 e. The molecule has 1 saturated carbocycles. The Kier molecular flexibility index (Phi) is 3.64. The van der Waals surface area contributed by atoms with Gasteiger partial charge in [0, 0.05) is 18.3 Å². The first-order chi connectivity index (χ1) is 10.4. The molecule has 116 valence electrons. The van der Waals surface area contributed by atoms with Crippen LogP contribution >= 0.6 is 0 Å². The first-order valence-electron chi connectivity index (χ1n) is 6.82. The number of aldehydes is 1. The molecule has 1 aromatic carbocycles. The first kappa shape index (κ1) is 14.6. The number of carbonyl (C=O) groups is 1. The highest BCUT2D eigenvalue weighted by Crippen LogP contribution is 2.32. The number of ether oxygens (including phenoxy) is 1. The van der Waals surface area contributed by atoms with E-state index in [2.05, 4.69) is 9.84 Å². The topological polar surface area (TPSA) is 44.1 Å². The van der Waals surface area contributed by atoms with Crippen LogP contribution in [0.4, 0.5) is 13.2 Å². The lowest BCUT2D eigenvalue weighted by Gasteiger charge is -2.11. The molecule has 1 aliphatic rings. The summed E-state index contributed by atoms with van der Waals surface area (Å²) in [5, 5.41) is 4.20. The van der Waals surface area contributed by atoms with Crippen LogP contribution < -0.4 is 4.74 Å². The zero-order valence-corrected chi connectivity index (χ0v) is 11.5. The van der Waals surface area contributed by atoms with Crippen molar-refractivity contribution in [1.82, 2.24) is 9.78 Å². The molecule has 0 aliphatic heterocycles. The van der Waals surface area contributed by atoms with Crippen LogP contribution in [-0.4, -0.2) is 22.4 Å². The highest BCUT2D eigenvalue weighted by molar-refractivity contribution is 5.81. The van der Waals surface area contributed by atoms with Crippen molar-refractivity contribution in [2.75, 3.05) is 0 Å². The lowest BCUT2D eigenvalue weighted by molar-refractivity contribution is -0.274. The van der Waals surface area contributed by atoms with Crippen LogP contribution in [0, 0.1) is 5.92 Å². The maximum atomic E-state index is 12.4. The molecule has 3 rings (SSSR count). The average Bonchev–Trinajstić information content (AvgIpc) is 3.12. The van der Waals surface area contributed by atoms with Crippen molar-refractivity contribution in [3.63, 3.8) is 0 Å². The molecular formula is C15H13F3N2O2. The number of benzene rings is 1. The lowest BCUT2D eigenvalue weighted by Crippen LogP contribution is -2.18. The van der Waals surface area contributed by atoms with E-state index in [9.17, 15) is 18.0 Å². The molecule has 0 spiro atoms. The second-order valence-electron chi connectivity index (χ2n) is 5.31. The fourth-order valence-electron chi connectivity index (χ4n) is 2.20. The molecule has 1 fully saturated rings. The van der Waals surface area contributed by atoms with Crippen LogP contribution in [0.5, 0.6) is 5.75 Å². The Morgan fingerprint density at radius 2 is 2.09 bits per heavy atom. The smallest absolute Gasteiger partial charge is 0.405 e. The average molecular weight is 310 g/mol. The third kappa shape index (κ3) is 3.47. The summed E-state index contributed by atoms with van der Waals surface area (Å²) in [6, 6.07) is 4.09. The van der Waals surface area contributed by atoms with Gasteiger partial charge in [0.1, 0.15) is 5.75 Å². The molecule has 0 bridgehead atoms. The maximum Gasteiger partial charge on any atom is 0.573 e. The summed E-state index contributed by atoms with van der Waals surface area (Å²) in [4.78, 5) is 10.8. The molecule has 0 atom stereocenters. The fraction of sp³-hybridized carbons (Fsp3) is 0.333. The molecule has 4 nitrogen and oxygen atoms in total. The number of hydrogen-bond donors (Lipinski definition) is 0. The molecule has 0 radical (unpaired) electrons. The van der Waals surface area contributed by atoms with E-state index < -0.39 is 12.1 Å². The highest BCUT2D eigenvalue weighted by atomic mass is 19.4. The minimum atomic E-state index is -4.84. The highest BCUT2D eigenvalue weighted by Gasteiger charge is 2.32. The van der Waals surface area contributed by atoms with Crippen LogP contribution in [0.3, 0.4) is 0 Å². The van der Waals surface area contributed by atoms with Gasteiger partial charge in [0.15, 0.2) is 6.29 Å². The third-order valence-corrected chi connectivity index (χ3v) is 3.47. The number of carbonyl (C=O) groups excluding carboxylic acids is 1. The third-order valence-electron chi connectivity index (χ3n) is 3.47. The van der Waals surface area contributed by atoms with Crippen molar-refractivity contribution >= 4 is 6.29 Å². The van der Waals surface area contributed by atoms with Gasteiger partial charge in [-0.2, -0.15) is 5.10 Å². The van der Waals surface area contributed by atoms with Crippen molar-refractivity contribution in [2.45, 2.75) is 25.7 Å². The van der Waals surface area contributed by atoms with Gasteiger partial charge in [-0.05, 0) is 36.5 Å². The van der Waals surface area contributed by atoms with E-state index in [4.69, 9.17) is 0 Å². The predicted octanol–water partition coefficient (Wildman–Crippen LogP) is 3.67. The zero-order valence-electron chi connectivity index (χ0n) is 11.5. The summed E-state index contributed by atoms with van der Waals surface area (Å²) in [5.41, 5.74) is 1.06. The van der Waals surface area contributed by atoms with E-state index in [1.165, 1.54) is 25.0 Å². The largest absolute Gasteiger partial charge is 0.573 e.